The Kier molecular flexibility index (Phi) is 4.97. The van der Waals surface area contributed by atoms with Crippen LogP contribution in [-0.4, -0.2) is 22.2 Å². The topological polar surface area (TPSA) is 29.5 Å². The minimum Gasteiger partial charge on any atom is -0.496 e. The van der Waals surface area contributed by atoms with Crippen molar-refractivity contribution >= 4 is 51.1 Å². The molecule has 0 N–H and O–H groups in total. The van der Waals surface area contributed by atoms with Crippen molar-refractivity contribution in [3.8, 4) is 5.75 Å². The zero-order chi connectivity index (χ0) is 18.8. The molecule has 1 saturated heterocycles. The van der Waals surface area contributed by atoms with Crippen LogP contribution in [0.15, 0.2) is 71.6 Å². The largest absolute Gasteiger partial charge is 0.496 e. The minimum absolute atomic E-state index is 0.0475. The second kappa shape index (κ2) is 7.55. The highest BCUT2D eigenvalue weighted by atomic mass is 32.2. The number of ether oxygens (including phenoxy) is 1. The Bertz CT molecular complexity index is 1060. The van der Waals surface area contributed by atoms with Crippen LogP contribution in [0.2, 0.25) is 0 Å². The molecule has 1 heterocycles. The molecule has 3 aromatic carbocycles. The number of rotatable bonds is 4. The highest BCUT2D eigenvalue weighted by Gasteiger charge is 2.32. The van der Waals surface area contributed by atoms with Gasteiger partial charge in [0, 0.05) is 5.39 Å². The van der Waals surface area contributed by atoms with E-state index in [1.165, 1.54) is 11.8 Å². The van der Waals surface area contributed by atoms with Crippen LogP contribution in [0.4, 0.5) is 0 Å². The first-order chi connectivity index (χ1) is 13.2. The van der Waals surface area contributed by atoms with Gasteiger partial charge in [-0.25, -0.2) is 0 Å². The summed E-state index contributed by atoms with van der Waals surface area (Å²) in [5.41, 5.74) is 2.04. The summed E-state index contributed by atoms with van der Waals surface area (Å²) in [5.74, 6) is 0.771. The lowest BCUT2D eigenvalue weighted by molar-refractivity contribution is -0.122. The summed E-state index contributed by atoms with van der Waals surface area (Å²) >= 11 is 6.80. The van der Waals surface area contributed by atoms with E-state index in [1.54, 1.807) is 12.0 Å². The van der Waals surface area contributed by atoms with Crippen LogP contribution in [0, 0.1) is 0 Å². The van der Waals surface area contributed by atoms with Gasteiger partial charge in [0.2, 0.25) is 0 Å². The van der Waals surface area contributed by atoms with Gasteiger partial charge in [0.25, 0.3) is 5.91 Å². The van der Waals surface area contributed by atoms with Crippen LogP contribution in [0.1, 0.15) is 11.1 Å². The smallest absolute Gasteiger partial charge is 0.266 e. The fourth-order valence-corrected chi connectivity index (χ4v) is 4.39. The molecule has 0 radical (unpaired) electrons. The van der Waals surface area contributed by atoms with Crippen LogP contribution < -0.4 is 4.74 Å². The Labute approximate surface area is 167 Å². The third-order valence-electron chi connectivity index (χ3n) is 4.48. The number of hydrogen-bond donors (Lipinski definition) is 0. The van der Waals surface area contributed by atoms with Crippen LogP contribution in [0.5, 0.6) is 5.75 Å². The van der Waals surface area contributed by atoms with Crippen LogP contribution in [0.3, 0.4) is 0 Å². The van der Waals surface area contributed by atoms with Gasteiger partial charge in [0.15, 0.2) is 0 Å². The predicted molar refractivity (Wildman–Crippen MR) is 116 cm³/mol. The van der Waals surface area contributed by atoms with Crippen molar-refractivity contribution in [3.63, 3.8) is 0 Å². The quantitative estimate of drug-likeness (QED) is 0.449. The molecule has 27 heavy (non-hydrogen) atoms. The molecule has 1 amide bonds. The second-order valence-corrected chi connectivity index (χ2v) is 7.83. The van der Waals surface area contributed by atoms with Crippen molar-refractivity contribution in [2.45, 2.75) is 6.54 Å². The van der Waals surface area contributed by atoms with E-state index in [9.17, 15) is 4.79 Å². The minimum atomic E-state index is -0.0475. The Balaban J connectivity index is 1.68. The summed E-state index contributed by atoms with van der Waals surface area (Å²) in [4.78, 5) is 15.2. The molecule has 0 unspecified atom stereocenters. The second-order valence-electron chi connectivity index (χ2n) is 6.16. The van der Waals surface area contributed by atoms with Gasteiger partial charge in [-0.3, -0.25) is 9.69 Å². The number of methoxy groups -OCH3 is 1. The molecular weight excluding hydrogens is 374 g/mol. The van der Waals surface area contributed by atoms with Crippen LogP contribution in [-0.2, 0) is 11.3 Å². The highest BCUT2D eigenvalue weighted by Crippen LogP contribution is 2.36. The SMILES string of the molecule is COc1ccc(/C=C2\SC(=S)N(Cc3ccccc3)C2=O)c2ccccc12. The van der Waals surface area contributed by atoms with E-state index in [-0.39, 0.29) is 5.91 Å². The van der Waals surface area contributed by atoms with Crippen molar-refractivity contribution in [1.82, 2.24) is 4.90 Å². The zero-order valence-electron chi connectivity index (χ0n) is 14.7. The normalized spacial score (nSPS) is 15.7. The number of thiocarbonyl (C=S) groups is 1. The Morgan fingerprint density at radius 1 is 1.00 bits per heavy atom. The van der Waals surface area contributed by atoms with Gasteiger partial charge in [-0.2, -0.15) is 0 Å². The number of nitrogens with zero attached hydrogens (tertiary/aromatic N) is 1. The molecule has 1 aliphatic heterocycles. The summed E-state index contributed by atoms with van der Waals surface area (Å²) in [6.45, 7) is 0.492. The average Bonchev–Trinajstić information content (AvgIpc) is 2.96. The van der Waals surface area contributed by atoms with E-state index < -0.39 is 0 Å². The first-order valence-electron chi connectivity index (χ1n) is 8.52. The summed E-state index contributed by atoms with van der Waals surface area (Å²) in [6.07, 6.45) is 1.92. The zero-order valence-corrected chi connectivity index (χ0v) is 16.3. The molecule has 0 aromatic heterocycles. The first-order valence-corrected chi connectivity index (χ1v) is 9.75. The van der Waals surface area contributed by atoms with E-state index in [0.717, 1.165) is 27.6 Å². The van der Waals surface area contributed by atoms with E-state index >= 15 is 0 Å². The lowest BCUT2D eigenvalue weighted by Gasteiger charge is -2.14. The molecule has 0 bridgehead atoms. The summed E-state index contributed by atoms with van der Waals surface area (Å²) in [5, 5.41) is 2.07. The van der Waals surface area contributed by atoms with Crippen molar-refractivity contribution < 1.29 is 9.53 Å². The molecular formula is C22H17NO2S2. The Morgan fingerprint density at radius 2 is 1.70 bits per heavy atom. The molecule has 134 valence electrons. The van der Waals surface area contributed by atoms with Crippen molar-refractivity contribution in [2.75, 3.05) is 7.11 Å². The molecule has 5 heteroatoms. The number of benzene rings is 3. The van der Waals surface area contributed by atoms with Crippen LogP contribution in [0.25, 0.3) is 16.8 Å². The third-order valence-corrected chi connectivity index (χ3v) is 5.86. The van der Waals surface area contributed by atoms with Crippen LogP contribution >= 0.6 is 24.0 Å². The molecule has 0 spiro atoms. The molecule has 1 fully saturated rings. The van der Waals surface area contributed by atoms with Gasteiger partial charge in [-0.15, -0.1) is 0 Å². The standard InChI is InChI=1S/C22H17NO2S2/c1-25-19-12-11-16(17-9-5-6-10-18(17)19)13-20-21(24)23(22(26)27-20)14-15-7-3-2-4-8-15/h2-13H,14H2,1H3/b20-13-. The molecule has 1 aliphatic rings. The lowest BCUT2D eigenvalue weighted by Crippen LogP contribution is -2.27. The van der Waals surface area contributed by atoms with Gasteiger partial charge >= 0.3 is 0 Å². The van der Waals surface area contributed by atoms with Crippen molar-refractivity contribution in [3.05, 3.63) is 82.8 Å². The van der Waals surface area contributed by atoms with Crippen molar-refractivity contribution in [1.29, 1.82) is 0 Å². The molecule has 0 aliphatic carbocycles. The highest BCUT2D eigenvalue weighted by molar-refractivity contribution is 8.26. The number of carbonyl (C=O) groups is 1. The number of carbonyl (C=O) groups excluding carboxylic acids is 1. The Morgan fingerprint density at radius 3 is 2.44 bits per heavy atom. The molecule has 0 saturated carbocycles. The summed E-state index contributed by atoms with van der Waals surface area (Å²) in [7, 11) is 1.66. The van der Waals surface area contributed by atoms with Gasteiger partial charge in [0.05, 0.1) is 18.6 Å². The van der Waals surface area contributed by atoms with Gasteiger partial charge < -0.3 is 4.74 Å². The monoisotopic (exact) mass is 391 g/mol. The third kappa shape index (κ3) is 3.48. The number of thioether (sulfide) groups is 1. The maximum Gasteiger partial charge on any atom is 0.266 e. The van der Waals surface area contributed by atoms with E-state index in [0.29, 0.717) is 15.8 Å². The maximum atomic E-state index is 12.9. The maximum absolute atomic E-state index is 12.9. The van der Waals surface area contributed by atoms with E-state index in [2.05, 4.69) is 0 Å². The average molecular weight is 392 g/mol. The molecule has 3 aromatic rings. The lowest BCUT2D eigenvalue weighted by atomic mass is 10.0. The van der Waals surface area contributed by atoms with E-state index in [4.69, 9.17) is 17.0 Å². The summed E-state index contributed by atoms with van der Waals surface area (Å²) < 4.78 is 6.04. The van der Waals surface area contributed by atoms with E-state index in [1.807, 2.05) is 72.8 Å². The molecule has 3 nitrogen and oxygen atoms in total. The number of amides is 1. The predicted octanol–water partition coefficient (Wildman–Crippen LogP) is 5.25. The van der Waals surface area contributed by atoms with Gasteiger partial charge in [0.1, 0.15) is 10.1 Å². The molecule has 4 rings (SSSR count). The summed E-state index contributed by atoms with van der Waals surface area (Å²) in [6, 6.07) is 21.8. The van der Waals surface area contributed by atoms with Crippen molar-refractivity contribution in [2.24, 2.45) is 0 Å². The van der Waals surface area contributed by atoms with Gasteiger partial charge in [-0.05, 0) is 28.7 Å². The molecule has 0 atom stereocenters. The van der Waals surface area contributed by atoms with Gasteiger partial charge in [-0.1, -0.05) is 84.6 Å². The first kappa shape index (κ1) is 17.8. The fraction of sp³-hybridized carbons (Fsp3) is 0.0909. The number of hydrogen-bond acceptors (Lipinski definition) is 4. The number of fused-ring (bicyclic) bond motifs is 1. The fourth-order valence-electron chi connectivity index (χ4n) is 3.14. The Hall–Kier alpha value is -2.63.